The van der Waals surface area contributed by atoms with Crippen molar-refractivity contribution >= 4 is 11.8 Å². The molecule has 1 atom stereocenters. The van der Waals surface area contributed by atoms with Gasteiger partial charge in [-0.25, -0.2) is 0 Å². The zero-order chi connectivity index (χ0) is 20.3. The van der Waals surface area contributed by atoms with Crippen LogP contribution in [0.4, 0.5) is 0 Å². The molecule has 2 aromatic carbocycles. The van der Waals surface area contributed by atoms with Gasteiger partial charge < -0.3 is 20.1 Å². The van der Waals surface area contributed by atoms with Gasteiger partial charge in [0.05, 0.1) is 19.3 Å². The summed E-state index contributed by atoms with van der Waals surface area (Å²) in [5.41, 5.74) is 1.26. The molecule has 0 aromatic heterocycles. The Labute approximate surface area is 171 Å². The molecule has 2 amide bonds. The van der Waals surface area contributed by atoms with Crippen LogP contribution in [-0.2, 0) is 20.9 Å². The van der Waals surface area contributed by atoms with Crippen LogP contribution in [0.15, 0.2) is 60.7 Å². The molecule has 0 saturated carbocycles. The van der Waals surface area contributed by atoms with Gasteiger partial charge in [-0.15, -0.1) is 0 Å². The van der Waals surface area contributed by atoms with Crippen molar-refractivity contribution in [1.82, 2.24) is 15.5 Å². The number of hydrogen-bond donors (Lipinski definition) is 2. The molecular formula is C22H27N3O4. The van der Waals surface area contributed by atoms with Gasteiger partial charge in [0.25, 0.3) is 5.91 Å². The summed E-state index contributed by atoms with van der Waals surface area (Å²) in [5.74, 6) is 0.0235. The van der Waals surface area contributed by atoms with Crippen molar-refractivity contribution in [1.29, 1.82) is 0 Å². The van der Waals surface area contributed by atoms with E-state index in [0.29, 0.717) is 18.9 Å². The number of hydrogen-bond acceptors (Lipinski definition) is 5. The minimum absolute atomic E-state index is 0.0615. The van der Waals surface area contributed by atoms with Gasteiger partial charge in [0.1, 0.15) is 5.75 Å². The van der Waals surface area contributed by atoms with Gasteiger partial charge in [-0.1, -0.05) is 48.5 Å². The second-order valence-electron chi connectivity index (χ2n) is 6.90. The van der Waals surface area contributed by atoms with Crippen molar-refractivity contribution in [2.45, 2.75) is 12.6 Å². The molecule has 1 unspecified atom stereocenters. The van der Waals surface area contributed by atoms with E-state index in [-0.39, 0.29) is 31.1 Å². The molecule has 0 spiro atoms. The maximum Gasteiger partial charge on any atom is 0.258 e. The summed E-state index contributed by atoms with van der Waals surface area (Å²) < 4.78 is 11.1. The molecule has 0 aliphatic carbocycles. The summed E-state index contributed by atoms with van der Waals surface area (Å²) in [4.78, 5) is 26.1. The SMILES string of the molecule is O=C(CNC(=O)COc1ccccc1)NCC1CN(Cc2ccccc2)CCO1. The highest BCUT2D eigenvalue weighted by molar-refractivity contribution is 5.85. The quantitative estimate of drug-likeness (QED) is 0.665. The molecule has 1 fully saturated rings. The van der Waals surface area contributed by atoms with Crippen molar-refractivity contribution in [2.75, 3.05) is 39.4 Å². The Balaban J connectivity index is 1.31. The van der Waals surface area contributed by atoms with Crippen molar-refractivity contribution in [3.8, 4) is 5.75 Å². The normalized spacial score (nSPS) is 16.8. The average Bonchev–Trinajstić information content (AvgIpc) is 2.76. The van der Waals surface area contributed by atoms with E-state index in [4.69, 9.17) is 9.47 Å². The molecule has 2 N–H and O–H groups in total. The molecule has 0 radical (unpaired) electrons. The van der Waals surface area contributed by atoms with E-state index in [1.165, 1.54) is 5.56 Å². The fraction of sp³-hybridized carbons (Fsp3) is 0.364. The topological polar surface area (TPSA) is 79.9 Å². The molecule has 1 aliphatic heterocycles. The van der Waals surface area contributed by atoms with Gasteiger partial charge in [-0.2, -0.15) is 0 Å². The Morgan fingerprint density at radius 1 is 1.00 bits per heavy atom. The highest BCUT2D eigenvalue weighted by Crippen LogP contribution is 2.10. The molecule has 3 rings (SSSR count). The van der Waals surface area contributed by atoms with Crippen LogP contribution in [0.3, 0.4) is 0 Å². The Morgan fingerprint density at radius 3 is 2.48 bits per heavy atom. The minimum Gasteiger partial charge on any atom is -0.484 e. The number of carbonyl (C=O) groups is 2. The van der Waals surface area contributed by atoms with Crippen molar-refractivity contribution in [3.05, 3.63) is 66.2 Å². The highest BCUT2D eigenvalue weighted by Gasteiger charge is 2.21. The minimum atomic E-state index is -0.341. The van der Waals surface area contributed by atoms with E-state index in [1.807, 2.05) is 36.4 Å². The van der Waals surface area contributed by atoms with Gasteiger partial charge in [0.2, 0.25) is 5.91 Å². The monoisotopic (exact) mass is 397 g/mol. The Morgan fingerprint density at radius 2 is 1.72 bits per heavy atom. The smallest absolute Gasteiger partial charge is 0.258 e. The summed E-state index contributed by atoms with van der Waals surface area (Å²) in [6, 6.07) is 19.4. The van der Waals surface area contributed by atoms with E-state index in [1.54, 1.807) is 12.1 Å². The Kier molecular flexibility index (Phi) is 8.03. The molecule has 1 heterocycles. The fourth-order valence-electron chi connectivity index (χ4n) is 3.07. The number of morpholine rings is 1. The number of nitrogens with one attached hydrogen (secondary N) is 2. The van der Waals surface area contributed by atoms with Gasteiger partial charge in [-0.05, 0) is 17.7 Å². The predicted molar refractivity (Wildman–Crippen MR) is 109 cm³/mol. The van der Waals surface area contributed by atoms with Crippen LogP contribution < -0.4 is 15.4 Å². The van der Waals surface area contributed by atoms with Gasteiger partial charge in [-0.3, -0.25) is 14.5 Å². The van der Waals surface area contributed by atoms with E-state index < -0.39 is 0 Å². The predicted octanol–water partition coefficient (Wildman–Crippen LogP) is 1.20. The number of ether oxygens (including phenoxy) is 2. The third-order valence-corrected chi connectivity index (χ3v) is 4.56. The molecule has 0 bridgehead atoms. The Bertz CT molecular complexity index is 770. The lowest BCUT2D eigenvalue weighted by Crippen LogP contribution is -2.48. The van der Waals surface area contributed by atoms with Gasteiger partial charge >= 0.3 is 0 Å². The van der Waals surface area contributed by atoms with Crippen molar-refractivity contribution in [3.63, 3.8) is 0 Å². The first-order valence-corrected chi connectivity index (χ1v) is 9.78. The lowest BCUT2D eigenvalue weighted by Gasteiger charge is -2.33. The van der Waals surface area contributed by atoms with Crippen LogP contribution in [0.2, 0.25) is 0 Å². The Hall–Kier alpha value is -2.90. The van der Waals surface area contributed by atoms with E-state index in [2.05, 4.69) is 27.7 Å². The molecular weight excluding hydrogens is 370 g/mol. The first-order chi connectivity index (χ1) is 14.2. The summed E-state index contributed by atoms with van der Waals surface area (Å²) >= 11 is 0. The number of nitrogens with zero attached hydrogens (tertiary/aromatic N) is 1. The molecule has 7 heteroatoms. The molecule has 1 aliphatic rings. The molecule has 7 nitrogen and oxygen atoms in total. The third kappa shape index (κ3) is 7.56. The number of carbonyl (C=O) groups excluding carboxylic acids is 2. The summed E-state index contributed by atoms with van der Waals surface area (Å²) in [6.07, 6.45) is -0.0615. The van der Waals surface area contributed by atoms with Crippen LogP contribution in [0.5, 0.6) is 5.75 Å². The summed E-state index contributed by atoms with van der Waals surface area (Å²) in [6.45, 7) is 3.34. The molecule has 29 heavy (non-hydrogen) atoms. The van der Waals surface area contributed by atoms with Crippen LogP contribution in [0.1, 0.15) is 5.56 Å². The third-order valence-electron chi connectivity index (χ3n) is 4.56. The number of amides is 2. The summed E-state index contributed by atoms with van der Waals surface area (Å²) in [5, 5.41) is 5.37. The van der Waals surface area contributed by atoms with Crippen molar-refractivity contribution in [2.24, 2.45) is 0 Å². The number of benzene rings is 2. The van der Waals surface area contributed by atoms with E-state index in [9.17, 15) is 9.59 Å². The zero-order valence-electron chi connectivity index (χ0n) is 16.4. The lowest BCUT2D eigenvalue weighted by atomic mass is 10.2. The first-order valence-electron chi connectivity index (χ1n) is 9.78. The van der Waals surface area contributed by atoms with E-state index >= 15 is 0 Å². The molecule has 154 valence electrons. The zero-order valence-corrected chi connectivity index (χ0v) is 16.4. The van der Waals surface area contributed by atoms with Crippen LogP contribution in [0, 0.1) is 0 Å². The standard InChI is InChI=1S/C22H27N3O4/c26-21(14-24-22(27)17-29-19-9-5-2-6-10-19)23-13-20-16-25(11-12-28-20)15-18-7-3-1-4-8-18/h1-10,20H,11-17H2,(H,23,26)(H,24,27). The van der Waals surface area contributed by atoms with E-state index in [0.717, 1.165) is 19.6 Å². The van der Waals surface area contributed by atoms with Gasteiger partial charge in [0.15, 0.2) is 6.61 Å². The van der Waals surface area contributed by atoms with Crippen LogP contribution in [-0.4, -0.2) is 62.2 Å². The first kappa shape index (κ1) is 20.8. The number of rotatable bonds is 9. The molecule has 2 aromatic rings. The number of para-hydroxylation sites is 1. The largest absolute Gasteiger partial charge is 0.484 e. The summed E-state index contributed by atoms with van der Waals surface area (Å²) in [7, 11) is 0. The second kappa shape index (κ2) is 11.2. The van der Waals surface area contributed by atoms with Crippen LogP contribution in [0.25, 0.3) is 0 Å². The maximum atomic E-state index is 12.0. The molecule has 1 saturated heterocycles. The van der Waals surface area contributed by atoms with Gasteiger partial charge in [0, 0.05) is 26.2 Å². The fourth-order valence-corrected chi connectivity index (χ4v) is 3.07. The lowest BCUT2D eigenvalue weighted by molar-refractivity contribution is -0.127. The average molecular weight is 397 g/mol. The second-order valence-corrected chi connectivity index (χ2v) is 6.90. The van der Waals surface area contributed by atoms with Crippen LogP contribution >= 0.6 is 0 Å². The van der Waals surface area contributed by atoms with Crippen molar-refractivity contribution < 1.29 is 19.1 Å². The highest BCUT2D eigenvalue weighted by atomic mass is 16.5. The maximum absolute atomic E-state index is 12.0.